The Morgan fingerprint density at radius 2 is 1.85 bits per heavy atom. The third kappa shape index (κ3) is 4.31. The standard InChI is InChI=1S/C8H10BBrO3/c10-7-1-3-8(4-2-7)13-6-5-9(11)12/h1-4,11-12H,5-6H2. The Labute approximate surface area is 85.6 Å². The summed E-state index contributed by atoms with van der Waals surface area (Å²) in [6.45, 7) is 0.305. The van der Waals surface area contributed by atoms with Gasteiger partial charge in [0.05, 0.1) is 6.61 Å². The van der Waals surface area contributed by atoms with Gasteiger partial charge in [0.2, 0.25) is 0 Å². The Balaban J connectivity index is 2.33. The summed E-state index contributed by atoms with van der Waals surface area (Å²) in [5.41, 5.74) is 0. The van der Waals surface area contributed by atoms with Gasteiger partial charge in [0.25, 0.3) is 0 Å². The normalized spacial score (nSPS) is 9.77. The molecule has 1 rings (SSSR count). The zero-order valence-corrected chi connectivity index (χ0v) is 8.57. The lowest BCUT2D eigenvalue weighted by atomic mass is 9.87. The molecule has 70 valence electrons. The number of benzene rings is 1. The van der Waals surface area contributed by atoms with Gasteiger partial charge in [0.1, 0.15) is 5.75 Å². The van der Waals surface area contributed by atoms with Gasteiger partial charge in [-0.15, -0.1) is 0 Å². The van der Waals surface area contributed by atoms with E-state index < -0.39 is 7.12 Å². The number of halogens is 1. The molecule has 0 saturated heterocycles. The Kier molecular flexibility index (Phi) is 4.28. The van der Waals surface area contributed by atoms with Crippen LogP contribution in [-0.2, 0) is 0 Å². The maximum absolute atomic E-state index is 8.54. The molecule has 0 bridgehead atoms. The molecule has 0 unspecified atom stereocenters. The Bertz CT molecular complexity index is 250. The number of hydrogen-bond acceptors (Lipinski definition) is 3. The second kappa shape index (κ2) is 5.27. The molecule has 0 aliphatic rings. The minimum atomic E-state index is -1.30. The second-order valence-corrected chi connectivity index (χ2v) is 3.49. The van der Waals surface area contributed by atoms with Crippen molar-refractivity contribution < 1.29 is 14.8 Å². The first-order chi connectivity index (χ1) is 6.18. The Morgan fingerprint density at radius 1 is 1.23 bits per heavy atom. The highest BCUT2D eigenvalue weighted by atomic mass is 79.9. The zero-order chi connectivity index (χ0) is 9.68. The van der Waals surface area contributed by atoms with Crippen LogP contribution in [0.5, 0.6) is 5.75 Å². The van der Waals surface area contributed by atoms with E-state index in [-0.39, 0.29) is 6.32 Å². The summed E-state index contributed by atoms with van der Waals surface area (Å²) in [4.78, 5) is 0. The summed E-state index contributed by atoms with van der Waals surface area (Å²) in [7, 11) is -1.30. The van der Waals surface area contributed by atoms with Crippen molar-refractivity contribution in [2.45, 2.75) is 6.32 Å². The van der Waals surface area contributed by atoms with E-state index in [1.54, 1.807) is 0 Å². The van der Waals surface area contributed by atoms with Gasteiger partial charge in [-0.2, -0.15) is 0 Å². The molecule has 0 saturated carbocycles. The summed E-state index contributed by atoms with van der Waals surface area (Å²) >= 11 is 3.30. The van der Waals surface area contributed by atoms with Crippen molar-refractivity contribution in [3.05, 3.63) is 28.7 Å². The zero-order valence-electron chi connectivity index (χ0n) is 6.98. The van der Waals surface area contributed by atoms with Crippen molar-refractivity contribution in [2.24, 2.45) is 0 Å². The Morgan fingerprint density at radius 3 is 2.38 bits per heavy atom. The van der Waals surface area contributed by atoms with Crippen LogP contribution < -0.4 is 4.74 Å². The van der Waals surface area contributed by atoms with Crippen LogP contribution >= 0.6 is 15.9 Å². The minimum absolute atomic E-state index is 0.218. The van der Waals surface area contributed by atoms with E-state index in [9.17, 15) is 0 Å². The lowest BCUT2D eigenvalue weighted by Crippen LogP contribution is -2.14. The van der Waals surface area contributed by atoms with Crippen molar-refractivity contribution in [2.75, 3.05) is 6.61 Å². The molecule has 0 aliphatic heterocycles. The van der Waals surface area contributed by atoms with Crippen molar-refractivity contribution in [1.82, 2.24) is 0 Å². The van der Waals surface area contributed by atoms with Crippen molar-refractivity contribution in [1.29, 1.82) is 0 Å². The van der Waals surface area contributed by atoms with Crippen LogP contribution in [0.15, 0.2) is 28.7 Å². The smallest absolute Gasteiger partial charge is 0.454 e. The average Bonchev–Trinajstić information content (AvgIpc) is 2.08. The molecule has 0 radical (unpaired) electrons. The van der Waals surface area contributed by atoms with Crippen LogP contribution in [0.1, 0.15) is 0 Å². The van der Waals surface area contributed by atoms with Crippen LogP contribution in [0.3, 0.4) is 0 Å². The molecule has 0 spiro atoms. The van der Waals surface area contributed by atoms with E-state index in [0.29, 0.717) is 6.61 Å². The lowest BCUT2D eigenvalue weighted by Gasteiger charge is -2.04. The predicted molar refractivity (Wildman–Crippen MR) is 54.6 cm³/mol. The van der Waals surface area contributed by atoms with Gasteiger partial charge in [-0.25, -0.2) is 0 Å². The monoisotopic (exact) mass is 244 g/mol. The van der Waals surface area contributed by atoms with Gasteiger partial charge < -0.3 is 14.8 Å². The lowest BCUT2D eigenvalue weighted by molar-refractivity contribution is 0.317. The third-order valence-electron chi connectivity index (χ3n) is 1.46. The SMILES string of the molecule is OB(O)CCOc1ccc(Br)cc1. The van der Waals surface area contributed by atoms with E-state index in [1.165, 1.54) is 0 Å². The summed E-state index contributed by atoms with van der Waals surface area (Å²) in [5, 5.41) is 17.1. The van der Waals surface area contributed by atoms with Crippen LogP contribution in [0.4, 0.5) is 0 Å². The summed E-state index contributed by atoms with van der Waals surface area (Å²) < 4.78 is 6.22. The van der Waals surface area contributed by atoms with E-state index >= 15 is 0 Å². The summed E-state index contributed by atoms with van der Waals surface area (Å²) in [5.74, 6) is 0.726. The average molecular weight is 245 g/mol. The molecule has 0 aromatic heterocycles. The van der Waals surface area contributed by atoms with Gasteiger partial charge in [-0.1, -0.05) is 15.9 Å². The van der Waals surface area contributed by atoms with E-state index in [0.717, 1.165) is 10.2 Å². The van der Waals surface area contributed by atoms with Gasteiger partial charge in [0, 0.05) is 10.8 Å². The first kappa shape index (κ1) is 10.6. The molecule has 0 heterocycles. The van der Waals surface area contributed by atoms with Gasteiger partial charge in [-0.3, -0.25) is 0 Å². The molecule has 0 atom stereocenters. The molecule has 13 heavy (non-hydrogen) atoms. The fourth-order valence-corrected chi connectivity index (χ4v) is 1.08. The largest absolute Gasteiger partial charge is 0.494 e. The van der Waals surface area contributed by atoms with Crippen LogP contribution in [0.25, 0.3) is 0 Å². The molecule has 1 aromatic rings. The molecule has 1 aromatic carbocycles. The maximum Gasteiger partial charge on any atom is 0.454 e. The predicted octanol–water partition coefficient (Wildman–Crippen LogP) is 1.30. The van der Waals surface area contributed by atoms with Crippen LogP contribution in [0.2, 0.25) is 6.32 Å². The number of hydrogen-bond donors (Lipinski definition) is 2. The van der Waals surface area contributed by atoms with Crippen molar-refractivity contribution >= 4 is 23.0 Å². The molecule has 0 aliphatic carbocycles. The molecule has 0 amide bonds. The maximum atomic E-state index is 8.54. The summed E-state index contributed by atoms with van der Waals surface area (Å²) in [6, 6.07) is 7.36. The third-order valence-corrected chi connectivity index (χ3v) is 1.99. The van der Waals surface area contributed by atoms with E-state index in [2.05, 4.69) is 15.9 Å². The first-order valence-electron chi connectivity index (χ1n) is 3.93. The van der Waals surface area contributed by atoms with Gasteiger partial charge >= 0.3 is 7.12 Å². The Hall–Kier alpha value is -0.515. The van der Waals surface area contributed by atoms with Crippen molar-refractivity contribution in [3.63, 3.8) is 0 Å². The minimum Gasteiger partial charge on any atom is -0.494 e. The van der Waals surface area contributed by atoms with Crippen LogP contribution in [-0.4, -0.2) is 23.8 Å². The highest BCUT2D eigenvalue weighted by molar-refractivity contribution is 9.10. The fourth-order valence-electron chi connectivity index (χ4n) is 0.813. The summed E-state index contributed by atoms with van der Waals surface area (Å²) in [6.07, 6.45) is 0.218. The molecule has 3 nitrogen and oxygen atoms in total. The fraction of sp³-hybridized carbons (Fsp3) is 0.250. The molecule has 0 fully saturated rings. The molecule has 2 N–H and O–H groups in total. The first-order valence-corrected chi connectivity index (χ1v) is 4.72. The van der Waals surface area contributed by atoms with Crippen LogP contribution in [0, 0.1) is 0 Å². The second-order valence-electron chi connectivity index (χ2n) is 2.57. The topological polar surface area (TPSA) is 49.7 Å². The van der Waals surface area contributed by atoms with E-state index in [4.69, 9.17) is 14.8 Å². The molecular formula is C8H10BBrO3. The van der Waals surface area contributed by atoms with Gasteiger partial charge in [0.15, 0.2) is 0 Å². The van der Waals surface area contributed by atoms with Crippen molar-refractivity contribution in [3.8, 4) is 5.75 Å². The highest BCUT2D eigenvalue weighted by Crippen LogP contribution is 2.16. The molecule has 5 heteroatoms. The number of ether oxygens (including phenoxy) is 1. The molecular weight excluding hydrogens is 235 g/mol. The van der Waals surface area contributed by atoms with E-state index in [1.807, 2.05) is 24.3 Å². The van der Waals surface area contributed by atoms with Gasteiger partial charge in [-0.05, 0) is 24.3 Å². The number of rotatable bonds is 4. The quantitative estimate of drug-likeness (QED) is 0.786. The highest BCUT2D eigenvalue weighted by Gasteiger charge is 2.05.